The number of carbonyl (C=O) groups excluding carboxylic acids is 2. The molecule has 2 aliphatic rings. The van der Waals surface area contributed by atoms with Crippen LogP contribution in [0.15, 0.2) is 72.8 Å². The van der Waals surface area contributed by atoms with E-state index >= 15 is 0 Å². The van der Waals surface area contributed by atoms with Crippen molar-refractivity contribution in [3.8, 4) is 40.5 Å². The van der Waals surface area contributed by atoms with Crippen LogP contribution in [0.4, 0.5) is 10.6 Å². The molecule has 0 unspecified atom stereocenters. The molecule has 6 rings (SSSR count). The van der Waals surface area contributed by atoms with Gasteiger partial charge in [-0.05, 0) is 73.6 Å². The van der Waals surface area contributed by atoms with E-state index in [1.165, 1.54) is 14.0 Å². The molecule has 4 aromatic rings. The Hall–Kier alpha value is -5.24. The van der Waals surface area contributed by atoms with E-state index in [1.807, 2.05) is 67.6 Å². The van der Waals surface area contributed by atoms with E-state index in [4.69, 9.17) is 20.6 Å². The summed E-state index contributed by atoms with van der Waals surface area (Å²) in [6, 6.07) is 21.4. The minimum Gasteiger partial charge on any atom is -0.467 e. The van der Waals surface area contributed by atoms with Gasteiger partial charge in [0.25, 0.3) is 5.91 Å². The molecule has 1 aromatic heterocycles. The Kier molecular flexibility index (Phi) is 9.20. The lowest BCUT2D eigenvalue weighted by molar-refractivity contribution is -0.123. The standard InChI is InChI=1S/C37H36N4O6/c1-5-23-15-18-29(31(19-23)46-21-45-6-2)33-30(24-16-17-24)20-32(39-40-33)38-36(43)34(22(3)42)41(4)37(44)47-35-27-13-9-7-11-25(27)26-12-8-10-14-28(26)35/h1,7-15,18-20,22,24,34-35,42H,6,16-17,21H2,2-4H3,(H,38,39,43)/t22-,34+/m0/s1. The molecule has 1 saturated carbocycles. The van der Waals surface area contributed by atoms with E-state index in [-0.39, 0.29) is 18.5 Å². The molecule has 1 heterocycles. The number of hydrogen-bond acceptors (Lipinski definition) is 8. The molecule has 0 radical (unpaired) electrons. The maximum atomic E-state index is 13.6. The second kappa shape index (κ2) is 13.6. The fourth-order valence-electron chi connectivity index (χ4n) is 5.95. The number of fused-ring (bicyclic) bond motifs is 3. The number of aliphatic hydroxyl groups excluding tert-OH is 1. The number of aliphatic hydroxyl groups is 1. The second-order valence-electron chi connectivity index (χ2n) is 11.6. The van der Waals surface area contributed by atoms with Gasteiger partial charge in [0.15, 0.2) is 18.7 Å². The Morgan fingerprint density at radius 1 is 1.00 bits per heavy atom. The molecule has 2 amide bonds. The monoisotopic (exact) mass is 632 g/mol. The average molecular weight is 633 g/mol. The van der Waals surface area contributed by atoms with Gasteiger partial charge in [-0.25, -0.2) is 4.79 Å². The minimum absolute atomic E-state index is 0.0499. The van der Waals surface area contributed by atoms with Crippen LogP contribution in [0, 0.1) is 12.3 Å². The zero-order valence-corrected chi connectivity index (χ0v) is 26.5. The molecule has 2 N–H and O–H groups in total. The number of hydrogen-bond donors (Lipinski definition) is 2. The molecule has 0 bridgehead atoms. The predicted octanol–water partition coefficient (Wildman–Crippen LogP) is 5.90. The van der Waals surface area contributed by atoms with Gasteiger partial charge < -0.3 is 24.6 Å². The third-order valence-electron chi connectivity index (χ3n) is 8.42. The summed E-state index contributed by atoms with van der Waals surface area (Å²) in [5.41, 5.74) is 6.56. The van der Waals surface area contributed by atoms with Gasteiger partial charge in [0.2, 0.25) is 0 Å². The molecule has 2 atom stereocenters. The SMILES string of the molecule is C#Cc1ccc(-c2nnc(NC(=O)[C@@H]([C@H](C)O)N(C)C(=O)OC3c4ccccc4-c4ccccc43)cc2C2CC2)c(OCOCC)c1. The highest BCUT2D eigenvalue weighted by molar-refractivity contribution is 5.96. The van der Waals surface area contributed by atoms with Crippen molar-refractivity contribution in [2.75, 3.05) is 25.8 Å². The van der Waals surface area contributed by atoms with Crippen molar-refractivity contribution in [3.63, 3.8) is 0 Å². The number of carbonyl (C=O) groups is 2. The van der Waals surface area contributed by atoms with Crippen LogP contribution in [0.5, 0.6) is 5.75 Å². The van der Waals surface area contributed by atoms with Crippen molar-refractivity contribution in [2.24, 2.45) is 0 Å². The fraction of sp³-hybridized carbons (Fsp3) is 0.297. The molecule has 0 saturated heterocycles. The first kappa shape index (κ1) is 31.7. The van der Waals surface area contributed by atoms with Crippen molar-refractivity contribution in [1.29, 1.82) is 0 Å². The Labute approximate surface area is 273 Å². The molecule has 10 nitrogen and oxygen atoms in total. The van der Waals surface area contributed by atoms with E-state index < -0.39 is 30.3 Å². The lowest BCUT2D eigenvalue weighted by Gasteiger charge is -2.29. The summed E-state index contributed by atoms with van der Waals surface area (Å²) >= 11 is 0. The van der Waals surface area contributed by atoms with E-state index in [0.29, 0.717) is 29.2 Å². The van der Waals surface area contributed by atoms with Crippen LogP contribution in [-0.2, 0) is 14.3 Å². The van der Waals surface area contributed by atoms with Crippen molar-refractivity contribution in [1.82, 2.24) is 15.1 Å². The van der Waals surface area contributed by atoms with Crippen LogP contribution in [0.1, 0.15) is 61.0 Å². The second-order valence-corrected chi connectivity index (χ2v) is 11.6. The van der Waals surface area contributed by atoms with Gasteiger partial charge in [-0.1, -0.05) is 54.5 Å². The Morgan fingerprint density at radius 3 is 2.30 bits per heavy atom. The third-order valence-corrected chi connectivity index (χ3v) is 8.42. The minimum atomic E-state index is -1.27. The zero-order valence-electron chi connectivity index (χ0n) is 26.5. The van der Waals surface area contributed by atoms with Gasteiger partial charge in [0.1, 0.15) is 17.5 Å². The number of rotatable bonds is 11. The highest BCUT2D eigenvalue weighted by Crippen LogP contribution is 2.47. The number of terminal acetylenes is 1. The lowest BCUT2D eigenvalue weighted by Crippen LogP contribution is -2.51. The number of nitrogens with one attached hydrogen (secondary N) is 1. The molecule has 0 aliphatic heterocycles. The van der Waals surface area contributed by atoms with E-state index in [0.717, 1.165) is 45.6 Å². The molecule has 10 heteroatoms. The van der Waals surface area contributed by atoms with E-state index in [9.17, 15) is 14.7 Å². The van der Waals surface area contributed by atoms with Crippen LogP contribution < -0.4 is 10.1 Å². The van der Waals surface area contributed by atoms with Gasteiger partial charge >= 0.3 is 6.09 Å². The summed E-state index contributed by atoms with van der Waals surface area (Å²) in [5.74, 6) is 2.93. The molecular formula is C37H36N4O6. The average Bonchev–Trinajstić information content (AvgIpc) is 3.88. The van der Waals surface area contributed by atoms with Crippen LogP contribution in [-0.4, -0.2) is 64.8 Å². The van der Waals surface area contributed by atoms with Gasteiger partial charge in [-0.3, -0.25) is 9.69 Å². The molecular weight excluding hydrogens is 596 g/mol. The summed E-state index contributed by atoms with van der Waals surface area (Å²) in [6.07, 6.45) is 4.93. The topological polar surface area (TPSA) is 123 Å². The normalized spacial score (nSPS) is 14.7. The van der Waals surface area contributed by atoms with E-state index in [1.54, 1.807) is 12.1 Å². The Morgan fingerprint density at radius 2 is 1.68 bits per heavy atom. The predicted molar refractivity (Wildman–Crippen MR) is 177 cm³/mol. The zero-order chi connectivity index (χ0) is 33.1. The molecule has 2 aliphatic carbocycles. The smallest absolute Gasteiger partial charge is 0.411 e. The number of nitrogens with zero attached hydrogens (tertiary/aromatic N) is 3. The van der Waals surface area contributed by atoms with Gasteiger partial charge in [0.05, 0.1) is 6.10 Å². The molecule has 240 valence electrons. The number of ether oxygens (including phenoxy) is 3. The summed E-state index contributed by atoms with van der Waals surface area (Å²) in [7, 11) is 1.43. The molecule has 3 aromatic carbocycles. The van der Waals surface area contributed by atoms with Gasteiger partial charge in [-0.15, -0.1) is 16.6 Å². The van der Waals surface area contributed by atoms with Crippen molar-refractivity contribution in [2.45, 2.75) is 50.9 Å². The van der Waals surface area contributed by atoms with Crippen molar-refractivity contribution >= 4 is 17.8 Å². The summed E-state index contributed by atoms with van der Waals surface area (Å²) in [6.45, 7) is 3.87. The highest BCUT2D eigenvalue weighted by Gasteiger charge is 2.37. The number of likely N-dealkylation sites (N-methyl/N-ethyl adjacent to an activating group) is 1. The first-order valence-electron chi connectivity index (χ1n) is 15.6. The molecule has 47 heavy (non-hydrogen) atoms. The lowest BCUT2D eigenvalue weighted by atomic mass is 10.0. The maximum Gasteiger partial charge on any atom is 0.411 e. The Balaban J connectivity index is 1.22. The molecule has 0 spiro atoms. The third kappa shape index (κ3) is 6.54. The van der Waals surface area contributed by atoms with E-state index in [2.05, 4.69) is 21.4 Å². The Bertz CT molecular complexity index is 1800. The summed E-state index contributed by atoms with van der Waals surface area (Å²) in [4.78, 5) is 28.2. The van der Waals surface area contributed by atoms with Crippen LogP contribution in [0.2, 0.25) is 0 Å². The van der Waals surface area contributed by atoms with Crippen LogP contribution in [0.25, 0.3) is 22.4 Å². The number of anilines is 1. The number of benzene rings is 3. The first-order chi connectivity index (χ1) is 22.8. The summed E-state index contributed by atoms with van der Waals surface area (Å²) < 4.78 is 17.2. The number of aromatic nitrogens is 2. The number of amides is 2. The highest BCUT2D eigenvalue weighted by atomic mass is 16.7. The first-order valence-corrected chi connectivity index (χ1v) is 15.6. The summed E-state index contributed by atoms with van der Waals surface area (Å²) in [5, 5.41) is 22.2. The largest absolute Gasteiger partial charge is 0.467 e. The maximum absolute atomic E-state index is 13.6. The van der Waals surface area contributed by atoms with Crippen molar-refractivity contribution in [3.05, 3.63) is 95.1 Å². The van der Waals surface area contributed by atoms with Gasteiger partial charge in [0, 0.05) is 35.9 Å². The van der Waals surface area contributed by atoms with Gasteiger partial charge in [-0.2, -0.15) is 0 Å². The quantitative estimate of drug-likeness (QED) is 0.119. The van der Waals surface area contributed by atoms with Crippen LogP contribution in [0.3, 0.4) is 0 Å². The van der Waals surface area contributed by atoms with Crippen LogP contribution >= 0.6 is 0 Å². The molecule has 1 fully saturated rings. The fourth-order valence-corrected chi connectivity index (χ4v) is 5.95. The van der Waals surface area contributed by atoms with Crippen molar-refractivity contribution < 1.29 is 28.9 Å².